The van der Waals surface area contributed by atoms with E-state index in [9.17, 15) is 14.4 Å². The van der Waals surface area contributed by atoms with Crippen molar-refractivity contribution in [3.63, 3.8) is 0 Å². The van der Waals surface area contributed by atoms with Crippen LogP contribution in [0.4, 0.5) is 0 Å². The van der Waals surface area contributed by atoms with Crippen LogP contribution in [0.5, 0.6) is 5.75 Å². The molecule has 28 heavy (non-hydrogen) atoms. The van der Waals surface area contributed by atoms with Gasteiger partial charge in [0.1, 0.15) is 5.56 Å². The summed E-state index contributed by atoms with van der Waals surface area (Å²) in [6.07, 6.45) is 1.00. The van der Waals surface area contributed by atoms with Gasteiger partial charge >= 0.3 is 0 Å². The molecule has 1 aromatic carbocycles. The van der Waals surface area contributed by atoms with E-state index < -0.39 is 17.6 Å². The molecule has 2 aliphatic heterocycles. The van der Waals surface area contributed by atoms with Gasteiger partial charge in [0.25, 0.3) is 11.8 Å². The van der Waals surface area contributed by atoms with Crippen LogP contribution in [0.3, 0.4) is 0 Å². The number of rotatable bonds is 4. The average Bonchev–Trinajstić information content (AvgIpc) is 3.08. The van der Waals surface area contributed by atoms with Crippen molar-refractivity contribution in [2.75, 3.05) is 13.7 Å². The van der Waals surface area contributed by atoms with E-state index in [1.807, 2.05) is 37.3 Å². The van der Waals surface area contributed by atoms with E-state index in [2.05, 4.69) is 5.32 Å². The zero-order valence-corrected chi connectivity index (χ0v) is 15.7. The molecule has 0 aliphatic carbocycles. The molecular formula is C20H21N3O5. The highest BCUT2D eigenvalue weighted by atomic mass is 16.5. The van der Waals surface area contributed by atoms with Gasteiger partial charge in [-0.15, -0.1) is 0 Å². The standard InChI is InChI=1S/C20H21N3O5/c1-12-11-28-15-10-22-9-14(19(25)21-8-13-6-4-3-5-7-13)17(24)18(27-2)16(22)20(26)23(12)15/h3-7,9,12,15H,8,10-11H2,1-2H3,(H,21,25)/t12-,15+/m1/s1. The van der Waals surface area contributed by atoms with Gasteiger partial charge in [-0.3, -0.25) is 14.4 Å². The highest BCUT2D eigenvalue weighted by Crippen LogP contribution is 2.29. The number of benzene rings is 1. The number of nitrogens with one attached hydrogen (secondary N) is 1. The quantitative estimate of drug-likeness (QED) is 0.850. The third-order valence-corrected chi connectivity index (χ3v) is 5.09. The van der Waals surface area contributed by atoms with E-state index in [1.54, 1.807) is 9.47 Å². The number of methoxy groups -OCH3 is 1. The van der Waals surface area contributed by atoms with Gasteiger partial charge in [-0.05, 0) is 12.5 Å². The van der Waals surface area contributed by atoms with Crippen LogP contribution in [-0.2, 0) is 17.8 Å². The summed E-state index contributed by atoms with van der Waals surface area (Å²) in [5.41, 5.74) is 0.406. The van der Waals surface area contributed by atoms with Crippen LogP contribution in [0.2, 0.25) is 0 Å². The van der Waals surface area contributed by atoms with Crippen molar-refractivity contribution in [1.29, 1.82) is 0 Å². The number of pyridine rings is 1. The fourth-order valence-electron chi connectivity index (χ4n) is 3.68. The van der Waals surface area contributed by atoms with E-state index in [0.29, 0.717) is 19.7 Å². The Balaban J connectivity index is 1.68. The summed E-state index contributed by atoms with van der Waals surface area (Å²) >= 11 is 0. The molecule has 2 aliphatic rings. The Hall–Kier alpha value is -3.13. The molecule has 0 spiro atoms. The average molecular weight is 383 g/mol. The fourth-order valence-corrected chi connectivity index (χ4v) is 3.68. The molecule has 1 fully saturated rings. The van der Waals surface area contributed by atoms with E-state index in [4.69, 9.17) is 9.47 Å². The number of amides is 2. The largest absolute Gasteiger partial charge is 0.491 e. The summed E-state index contributed by atoms with van der Waals surface area (Å²) in [5, 5.41) is 2.74. The van der Waals surface area contributed by atoms with Gasteiger partial charge < -0.3 is 24.3 Å². The molecule has 1 N–H and O–H groups in total. The van der Waals surface area contributed by atoms with Gasteiger partial charge in [0, 0.05) is 12.7 Å². The van der Waals surface area contributed by atoms with Crippen molar-refractivity contribution >= 4 is 11.8 Å². The Morgan fingerprint density at radius 2 is 2.04 bits per heavy atom. The maximum atomic E-state index is 12.9. The van der Waals surface area contributed by atoms with E-state index in [1.165, 1.54) is 13.3 Å². The lowest BCUT2D eigenvalue weighted by atomic mass is 10.1. The number of fused-ring (bicyclic) bond motifs is 2. The highest BCUT2D eigenvalue weighted by molar-refractivity contribution is 5.99. The first kappa shape index (κ1) is 18.2. The third-order valence-electron chi connectivity index (χ3n) is 5.09. The molecule has 0 unspecified atom stereocenters. The van der Waals surface area contributed by atoms with Gasteiger partial charge in [0.2, 0.25) is 5.43 Å². The molecule has 0 radical (unpaired) electrons. The van der Waals surface area contributed by atoms with Gasteiger partial charge in [0.05, 0.1) is 26.3 Å². The normalized spacial score (nSPS) is 20.5. The third kappa shape index (κ3) is 2.95. The smallest absolute Gasteiger partial charge is 0.276 e. The summed E-state index contributed by atoms with van der Waals surface area (Å²) in [7, 11) is 1.33. The second kappa shape index (κ2) is 7.12. The molecule has 1 aromatic heterocycles. The van der Waals surface area contributed by atoms with E-state index >= 15 is 0 Å². The van der Waals surface area contributed by atoms with Crippen LogP contribution < -0.4 is 15.5 Å². The first-order valence-corrected chi connectivity index (χ1v) is 9.09. The summed E-state index contributed by atoms with van der Waals surface area (Å²) in [6, 6.07) is 9.31. The predicted octanol–water partition coefficient (Wildman–Crippen LogP) is 0.987. The zero-order chi connectivity index (χ0) is 19.8. The number of ether oxygens (including phenoxy) is 2. The lowest BCUT2D eigenvalue weighted by molar-refractivity contribution is 0.00621. The summed E-state index contributed by atoms with van der Waals surface area (Å²) < 4.78 is 12.5. The van der Waals surface area contributed by atoms with Gasteiger partial charge in [-0.1, -0.05) is 30.3 Å². The molecular weight excluding hydrogens is 362 g/mol. The predicted molar refractivity (Wildman–Crippen MR) is 100 cm³/mol. The van der Waals surface area contributed by atoms with Crippen molar-refractivity contribution < 1.29 is 19.1 Å². The Morgan fingerprint density at radius 3 is 2.75 bits per heavy atom. The summed E-state index contributed by atoms with van der Waals surface area (Å²) in [6.45, 7) is 2.95. The Bertz CT molecular complexity index is 985. The lowest BCUT2D eigenvalue weighted by Crippen LogP contribution is -2.49. The monoisotopic (exact) mass is 383 g/mol. The molecule has 2 amide bonds. The van der Waals surface area contributed by atoms with Crippen molar-refractivity contribution in [2.24, 2.45) is 0 Å². The molecule has 8 nitrogen and oxygen atoms in total. The van der Waals surface area contributed by atoms with Crippen LogP contribution >= 0.6 is 0 Å². The molecule has 0 saturated carbocycles. The first-order valence-electron chi connectivity index (χ1n) is 9.09. The molecule has 1 saturated heterocycles. The minimum atomic E-state index is -0.598. The first-order chi connectivity index (χ1) is 13.5. The highest BCUT2D eigenvalue weighted by Gasteiger charge is 2.43. The number of carbonyl (C=O) groups excluding carboxylic acids is 2. The van der Waals surface area contributed by atoms with E-state index in [-0.39, 0.29) is 29.0 Å². The van der Waals surface area contributed by atoms with Gasteiger partial charge in [-0.25, -0.2) is 0 Å². The van der Waals surface area contributed by atoms with Crippen LogP contribution in [0.1, 0.15) is 33.3 Å². The molecule has 4 rings (SSSR count). The van der Waals surface area contributed by atoms with Crippen molar-refractivity contribution in [3.8, 4) is 5.75 Å². The van der Waals surface area contributed by atoms with Gasteiger partial charge in [0.15, 0.2) is 17.7 Å². The maximum absolute atomic E-state index is 12.9. The molecule has 8 heteroatoms. The fraction of sp³-hybridized carbons (Fsp3) is 0.350. The van der Waals surface area contributed by atoms with Crippen molar-refractivity contribution in [3.05, 3.63) is 63.6 Å². The maximum Gasteiger partial charge on any atom is 0.276 e. The number of hydrogen-bond acceptors (Lipinski definition) is 5. The zero-order valence-electron chi connectivity index (χ0n) is 15.7. The summed E-state index contributed by atoms with van der Waals surface area (Å²) in [4.78, 5) is 40.0. The van der Waals surface area contributed by atoms with E-state index in [0.717, 1.165) is 5.56 Å². The number of hydrogen-bond donors (Lipinski definition) is 1. The molecule has 146 valence electrons. The van der Waals surface area contributed by atoms with Gasteiger partial charge in [-0.2, -0.15) is 0 Å². The van der Waals surface area contributed by atoms with Crippen molar-refractivity contribution in [2.45, 2.75) is 32.3 Å². The van der Waals surface area contributed by atoms with Crippen molar-refractivity contribution in [1.82, 2.24) is 14.8 Å². The summed E-state index contributed by atoms with van der Waals surface area (Å²) in [5.74, 6) is -0.959. The van der Waals surface area contributed by atoms with Crippen LogP contribution in [0.25, 0.3) is 0 Å². The molecule has 2 aromatic rings. The number of nitrogens with zero attached hydrogens (tertiary/aromatic N) is 2. The Morgan fingerprint density at radius 1 is 1.29 bits per heavy atom. The Kier molecular flexibility index (Phi) is 4.64. The number of carbonyl (C=O) groups is 2. The van der Waals surface area contributed by atoms with Crippen LogP contribution in [0, 0.1) is 0 Å². The Labute approximate surface area is 161 Å². The number of aromatic nitrogens is 1. The molecule has 2 atom stereocenters. The topological polar surface area (TPSA) is 89.9 Å². The minimum absolute atomic E-state index is 0.0659. The molecule has 3 heterocycles. The lowest BCUT2D eigenvalue weighted by Gasteiger charge is -2.34. The molecule has 0 bridgehead atoms. The van der Waals surface area contributed by atoms with Crippen LogP contribution in [-0.4, -0.2) is 47.3 Å². The SMILES string of the molecule is COc1c2n(cc(C(=O)NCc3ccccc3)c1=O)C[C@@H]1OC[C@@H](C)N1C2=O. The second-order valence-electron chi connectivity index (χ2n) is 6.92. The van der Waals surface area contributed by atoms with Crippen LogP contribution in [0.15, 0.2) is 41.3 Å². The minimum Gasteiger partial charge on any atom is -0.491 e. The second-order valence-corrected chi connectivity index (χ2v) is 6.92.